The Kier molecular flexibility index (Phi) is 5.96. The summed E-state index contributed by atoms with van der Waals surface area (Å²) in [6.07, 6.45) is 1.66. The number of carbonyl (C=O) groups is 1. The number of nitrogens with one attached hydrogen (secondary N) is 1. The first kappa shape index (κ1) is 23.2. The van der Waals surface area contributed by atoms with Crippen LogP contribution >= 0.6 is 0 Å². The maximum absolute atomic E-state index is 13.4. The SMILES string of the molecule is COc1ccc([C@H]2CC(=O)Nc3c2c(C)nn3-c2nncc(-c3ccc(F)cc3)n2)c(OC)c1OC. The number of ether oxygens (including phenoxy) is 3. The Bertz CT molecular complexity index is 1450. The molecule has 11 heteroatoms. The first-order valence-electron chi connectivity index (χ1n) is 11.1. The lowest BCUT2D eigenvalue weighted by Crippen LogP contribution is -2.25. The standard InChI is InChI=1S/C25H23FN6O4/c1-13-21-17(16-9-10-19(34-2)23(36-4)22(16)35-3)11-20(33)29-24(21)32(31-13)25-28-18(12-27-30-25)14-5-7-15(26)8-6-14/h5-10,12,17H,11H2,1-4H3,(H,29,33)/t17-/m1/s1. The molecule has 0 saturated carbocycles. The van der Waals surface area contributed by atoms with Crippen molar-refractivity contribution >= 4 is 11.7 Å². The second-order valence-electron chi connectivity index (χ2n) is 8.14. The number of aromatic nitrogens is 5. The smallest absolute Gasteiger partial charge is 0.272 e. The van der Waals surface area contributed by atoms with Crippen molar-refractivity contribution in [3.63, 3.8) is 0 Å². The Hall–Kier alpha value is -4.54. The Morgan fingerprint density at radius 2 is 1.78 bits per heavy atom. The fourth-order valence-corrected chi connectivity index (χ4v) is 4.50. The number of halogens is 1. The number of fused-ring (bicyclic) bond motifs is 1. The fraction of sp³-hybridized carbons (Fsp3) is 0.240. The predicted molar refractivity (Wildman–Crippen MR) is 128 cm³/mol. The molecule has 0 saturated heterocycles. The normalized spacial score (nSPS) is 14.7. The largest absolute Gasteiger partial charge is 0.493 e. The molecule has 184 valence electrons. The first-order chi connectivity index (χ1) is 17.4. The second-order valence-corrected chi connectivity index (χ2v) is 8.14. The van der Waals surface area contributed by atoms with Crippen LogP contribution in [0.5, 0.6) is 17.2 Å². The lowest BCUT2D eigenvalue weighted by molar-refractivity contribution is -0.116. The molecule has 1 amide bonds. The Morgan fingerprint density at radius 3 is 2.47 bits per heavy atom. The van der Waals surface area contributed by atoms with E-state index < -0.39 is 0 Å². The van der Waals surface area contributed by atoms with E-state index in [0.29, 0.717) is 40.0 Å². The van der Waals surface area contributed by atoms with E-state index in [9.17, 15) is 9.18 Å². The highest BCUT2D eigenvalue weighted by molar-refractivity contribution is 5.95. The van der Waals surface area contributed by atoms with Crippen LogP contribution in [0.3, 0.4) is 0 Å². The van der Waals surface area contributed by atoms with E-state index in [4.69, 9.17) is 14.2 Å². The summed E-state index contributed by atoms with van der Waals surface area (Å²) in [6, 6.07) is 9.54. The van der Waals surface area contributed by atoms with E-state index in [-0.39, 0.29) is 30.0 Å². The Balaban J connectivity index is 1.64. The minimum atomic E-state index is -0.370. The summed E-state index contributed by atoms with van der Waals surface area (Å²) in [5.74, 6) is 1.13. The van der Waals surface area contributed by atoms with E-state index in [2.05, 4.69) is 25.6 Å². The molecule has 10 nitrogen and oxygen atoms in total. The van der Waals surface area contributed by atoms with Gasteiger partial charge >= 0.3 is 0 Å². The zero-order valence-electron chi connectivity index (χ0n) is 20.1. The van der Waals surface area contributed by atoms with Crippen molar-refractivity contribution in [1.29, 1.82) is 0 Å². The molecule has 5 rings (SSSR count). The summed E-state index contributed by atoms with van der Waals surface area (Å²) in [6.45, 7) is 1.85. The molecule has 1 atom stereocenters. The van der Waals surface area contributed by atoms with Crippen LogP contribution in [0.25, 0.3) is 17.2 Å². The molecule has 2 aromatic heterocycles. The first-order valence-corrected chi connectivity index (χ1v) is 11.1. The van der Waals surface area contributed by atoms with Gasteiger partial charge < -0.3 is 19.5 Å². The van der Waals surface area contributed by atoms with Gasteiger partial charge in [-0.15, -0.1) is 5.10 Å². The monoisotopic (exact) mass is 490 g/mol. The van der Waals surface area contributed by atoms with Gasteiger partial charge in [0.1, 0.15) is 11.6 Å². The number of aryl methyl sites for hydroxylation is 1. The van der Waals surface area contributed by atoms with Gasteiger partial charge in [-0.3, -0.25) is 4.79 Å². The minimum absolute atomic E-state index is 0.168. The molecule has 1 N–H and O–H groups in total. The van der Waals surface area contributed by atoms with Crippen LogP contribution in [0, 0.1) is 12.7 Å². The van der Waals surface area contributed by atoms with Crippen molar-refractivity contribution in [3.05, 3.63) is 65.2 Å². The molecule has 1 aliphatic heterocycles. The third kappa shape index (κ3) is 3.88. The molecule has 2 aromatic carbocycles. The zero-order chi connectivity index (χ0) is 25.4. The number of hydrogen-bond donors (Lipinski definition) is 1. The van der Waals surface area contributed by atoms with E-state index in [0.717, 1.165) is 11.1 Å². The second kappa shape index (κ2) is 9.25. The molecule has 0 bridgehead atoms. The van der Waals surface area contributed by atoms with Crippen LogP contribution in [0.4, 0.5) is 10.2 Å². The van der Waals surface area contributed by atoms with Gasteiger partial charge in [0.05, 0.1) is 38.9 Å². The van der Waals surface area contributed by atoms with Crippen molar-refractivity contribution in [2.75, 3.05) is 26.6 Å². The number of amides is 1. The summed E-state index contributed by atoms with van der Waals surface area (Å²) >= 11 is 0. The highest BCUT2D eigenvalue weighted by Gasteiger charge is 2.36. The van der Waals surface area contributed by atoms with Crippen molar-refractivity contribution in [1.82, 2.24) is 25.0 Å². The molecule has 4 aromatic rings. The number of carbonyl (C=O) groups excluding carboxylic acids is 1. The molecular formula is C25H23FN6O4. The van der Waals surface area contributed by atoms with Crippen molar-refractivity contribution in [2.45, 2.75) is 19.3 Å². The maximum Gasteiger partial charge on any atom is 0.272 e. The summed E-state index contributed by atoms with van der Waals surface area (Å²) in [4.78, 5) is 17.4. The van der Waals surface area contributed by atoms with Gasteiger partial charge in [-0.25, -0.2) is 9.37 Å². The van der Waals surface area contributed by atoms with E-state index in [1.165, 1.54) is 30.1 Å². The number of rotatable bonds is 6. The summed E-state index contributed by atoms with van der Waals surface area (Å²) in [7, 11) is 4.62. The van der Waals surface area contributed by atoms with Crippen LogP contribution in [0.1, 0.15) is 29.2 Å². The molecule has 0 aliphatic carbocycles. The Labute approximate surface area is 206 Å². The number of methoxy groups -OCH3 is 3. The lowest BCUT2D eigenvalue weighted by Gasteiger charge is -2.26. The number of anilines is 1. The molecule has 0 unspecified atom stereocenters. The summed E-state index contributed by atoms with van der Waals surface area (Å²) in [5, 5.41) is 15.7. The highest BCUT2D eigenvalue weighted by Crippen LogP contribution is 2.48. The number of benzene rings is 2. The number of hydrogen-bond acceptors (Lipinski definition) is 8. The Morgan fingerprint density at radius 1 is 1.03 bits per heavy atom. The van der Waals surface area contributed by atoms with Crippen LogP contribution in [0.15, 0.2) is 42.6 Å². The van der Waals surface area contributed by atoms with Gasteiger partial charge in [0, 0.05) is 29.0 Å². The van der Waals surface area contributed by atoms with E-state index in [1.54, 1.807) is 32.4 Å². The fourth-order valence-electron chi connectivity index (χ4n) is 4.50. The third-order valence-corrected chi connectivity index (χ3v) is 6.09. The quantitative estimate of drug-likeness (QED) is 0.436. The van der Waals surface area contributed by atoms with Gasteiger partial charge in [0.25, 0.3) is 5.95 Å². The molecule has 0 fully saturated rings. The van der Waals surface area contributed by atoms with Crippen LogP contribution in [0.2, 0.25) is 0 Å². The van der Waals surface area contributed by atoms with Gasteiger partial charge in [0.15, 0.2) is 11.5 Å². The summed E-state index contributed by atoms with van der Waals surface area (Å²) in [5.41, 5.74) is 3.40. The average Bonchev–Trinajstić information content (AvgIpc) is 3.23. The van der Waals surface area contributed by atoms with Crippen molar-refractivity contribution < 1.29 is 23.4 Å². The highest BCUT2D eigenvalue weighted by atomic mass is 19.1. The topological polar surface area (TPSA) is 113 Å². The maximum atomic E-state index is 13.4. The van der Waals surface area contributed by atoms with Gasteiger partial charge in [-0.2, -0.15) is 14.9 Å². The van der Waals surface area contributed by atoms with E-state index in [1.807, 2.05) is 13.0 Å². The molecule has 3 heterocycles. The van der Waals surface area contributed by atoms with Crippen LogP contribution < -0.4 is 19.5 Å². The lowest BCUT2D eigenvalue weighted by atomic mass is 9.85. The molecule has 0 radical (unpaired) electrons. The predicted octanol–water partition coefficient (Wildman–Crippen LogP) is 3.67. The summed E-state index contributed by atoms with van der Waals surface area (Å²) < 4.78 is 31.5. The van der Waals surface area contributed by atoms with Crippen LogP contribution in [-0.4, -0.2) is 52.2 Å². The van der Waals surface area contributed by atoms with Gasteiger partial charge in [-0.05, 0) is 37.3 Å². The average molecular weight is 490 g/mol. The zero-order valence-corrected chi connectivity index (χ0v) is 20.1. The molecule has 0 spiro atoms. The van der Waals surface area contributed by atoms with E-state index >= 15 is 0 Å². The van der Waals surface area contributed by atoms with Crippen molar-refractivity contribution in [2.24, 2.45) is 0 Å². The molecule has 36 heavy (non-hydrogen) atoms. The molecular weight excluding hydrogens is 467 g/mol. The third-order valence-electron chi connectivity index (χ3n) is 6.09. The molecule has 1 aliphatic rings. The minimum Gasteiger partial charge on any atom is -0.493 e. The van der Waals surface area contributed by atoms with Crippen molar-refractivity contribution in [3.8, 4) is 34.5 Å². The number of nitrogens with zero attached hydrogens (tertiary/aromatic N) is 5. The van der Waals surface area contributed by atoms with Gasteiger partial charge in [-0.1, -0.05) is 6.07 Å². The van der Waals surface area contributed by atoms with Crippen LogP contribution in [-0.2, 0) is 4.79 Å². The van der Waals surface area contributed by atoms with Gasteiger partial charge in [0.2, 0.25) is 11.7 Å².